The molecule has 4 aromatic rings. The Labute approximate surface area is 139 Å². The third kappa shape index (κ3) is 2.55. The van der Waals surface area contributed by atoms with Crippen LogP contribution in [0.15, 0.2) is 67.4 Å². The van der Waals surface area contributed by atoms with Gasteiger partial charge in [-0.2, -0.15) is 0 Å². The van der Waals surface area contributed by atoms with E-state index in [9.17, 15) is 0 Å². The summed E-state index contributed by atoms with van der Waals surface area (Å²) in [6.07, 6.45) is 6.97. The minimum atomic E-state index is -0.000432. The summed E-state index contributed by atoms with van der Waals surface area (Å²) in [5.74, 6) is 0. The number of fused-ring (bicyclic) bond motifs is 1. The van der Waals surface area contributed by atoms with E-state index in [1.165, 1.54) is 0 Å². The quantitative estimate of drug-likeness (QED) is 0.628. The third-order valence-electron chi connectivity index (χ3n) is 4.08. The van der Waals surface area contributed by atoms with Crippen molar-refractivity contribution in [3.63, 3.8) is 0 Å². The van der Waals surface area contributed by atoms with Crippen LogP contribution < -0.4 is 5.73 Å². The molecule has 0 fully saturated rings. The van der Waals surface area contributed by atoms with E-state index in [0.717, 1.165) is 33.5 Å². The summed E-state index contributed by atoms with van der Waals surface area (Å²) >= 11 is 0. The molecule has 5 nitrogen and oxygen atoms in total. The topological polar surface area (TPSA) is 69.6 Å². The summed E-state index contributed by atoms with van der Waals surface area (Å²) in [5.41, 5.74) is 11.9. The lowest BCUT2D eigenvalue weighted by Gasteiger charge is -2.08. The number of nitrogens with zero attached hydrogens (tertiary/aromatic N) is 4. The minimum absolute atomic E-state index is 0.000432. The first-order valence-electron chi connectivity index (χ1n) is 7.82. The number of imidazole rings is 1. The molecule has 2 aromatic heterocycles. The van der Waals surface area contributed by atoms with Crippen LogP contribution in [0, 0.1) is 0 Å². The van der Waals surface area contributed by atoms with Crippen molar-refractivity contribution < 1.29 is 0 Å². The van der Waals surface area contributed by atoms with E-state index >= 15 is 0 Å². The SMILES string of the molecule is C[C@@H](N)c1ccc2c(c1)ncn2-c1cccc(-c2cnccn2)c1. The Morgan fingerprint density at radius 1 is 1.04 bits per heavy atom. The molecule has 0 radical (unpaired) electrons. The molecule has 4 rings (SSSR count). The first-order valence-corrected chi connectivity index (χ1v) is 7.82. The fraction of sp³-hybridized carbons (Fsp3) is 0.105. The Hall–Kier alpha value is -3.05. The molecule has 2 heterocycles. The Morgan fingerprint density at radius 3 is 2.75 bits per heavy atom. The van der Waals surface area contributed by atoms with Gasteiger partial charge in [0.25, 0.3) is 0 Å². The van der Waals surface area contributed by atoms with Crippen LogP contribution in [0.3, 0.4) is 0 Å². The Balaban J connectivity index is 1.81. The maximum atomic E-state index is 5.96. The predicted octanol–water partition coefficient (Wildman–Crippen LogP) is 3.50. The van der Waals surface area contributed by atoms with Gasteiger partial charge in [-0.25, -0.2) is 4.98 Å². The van der Waals surface area contributed by atoms with Gasteiger partial charge in [0.1, 0.15) is 6.33 Å². The van der Waals surface area contributed by atoms with Crippen molar-refractivity contribution in [2.45, 2.75) is 13.0 Å². The van der Waals surface area contributed by atoms with Crippen LogP contribution >= 0.6 is 0 Å². The van der Waals surface area contributed by atoms with Gasteiger partial charge in [0.05, 0.1) is 22.9 Å². The van der Waals surface area contributed by atoms with Crippen molar-refractivity contribution >= 4 is 11.0 Å². The minimum Gasteiger partial charge on any atom is -0.324 e. The largest absolute Gasteiger partial charge is 0.324 e. The molecular weight excluding hydrogens is 298 g/mol. The predicted molar refractivity (Wildman–Crippen MR) is 94.7 cm³/mol. The lowest BCUT2D eigenvalue weighted by molar-refractivity contribution is 0.819. The molecular formula is C19H17N5. The first kappa shape index (κ1) is 14.5. The average Bonchev–Trinajstić information content (AvgIpc) is 3.06. The van der Waals surface area contributed by atoms with E-state index in [1.54, 1.807) is 18.6 Å². The molecule has 0 unspecified atom stereocenters. The number of benzene rings is 2. The van der Waals surface area contributed by atoms with Gasteiger partial charge in [0, 0.05) is 29.7 Å². The fourth-order valence-electron chi connectivity index (χ4n) is 2.78. The maximum absolute atomic E-state index is 5.96. The lowest BCUT2D eigenvalue weighted by Crippen LogP contribution is -2.04. The van der Waals surface area contributed by atoms with Gasteiger partial charge in [0.2, 0.25) is 0 Å². The van der Waals surface area contributed by atoms with Gasteiger partial charge < -0.3 is 5.73 Å². The molecule has 0 amide bonds. The van der Waals surface area contributed by atoms with Crippen LogP contribution in [0.1, 0.15) is 18.5 Å². The van der Waals surface area contributed by atoms with Gasteiger partial charge in [0.15, 0.2) is 0 Å². The van der Waals surface area contributed by atoms with E-state index in [-0.39, 0.29) is 6.04 Å². The van der Waals surface area contributed by atoms with Gasteiger partial charge >= 0.3 is 0 Å². The van der Waals surface area contributed by atoms with Gasteiger partial charge in [-0.1, -0.05) is 18.2 Å². The molecule has 1 atom stereocenters. The van der Waals surface area contributed by atoms with Gasteiger partial charge in [-0.05, 0) is 36.8 Å². The Kier molecular flexibility index (Phi) is 3.55. The average molecular weight is 315 g/mol. The Bertz CT molecular complexity index is 989. The zero-order valence-corrected chi connectivity index (χ0v) is 13.3. The number of aromatic nitrogens is 4. The van der Waals surface area contributed by atoms with Crippen molar-refractivity contribution in [2.75, 3.05) is 0 Å². The zero-order chi connectivity index (χ0) is 16.5. The molecule has 24 heavy (non-hydrogen) atoms. The van der Waals surface area contributed by atoms with Crippen LogP contribution in [-0.2, 0) is 0 Å². The third-order valence-corrected chi connectivity index (χ3v) is 4.08. The summed E-state index contributed by atoms with van der Waals surface area (Å²) in [4.78, 5) is 13.0. The standard InChI is InChI=1S/C19H17N5/c1-13(20)14-5-6-19-17(10-14)23-12-24(19)16-4-2-3-15(9-16)18-11-21-7-8-22-18/h2-13H,20H2,1H3/t13-/m1/s1. The van der Waals surface area contributed by atoms with Crippen molar-refractivity contribution in [3.8, 4) is 16.9 Å². The van der Waals surface area contributed by atoms with Gasteiger partial charge in [-0.3, -0.25) is 14.5 Å². The summed E-state index contributed by atoms with van der Waals surface area (Å²) in [6.45, 7) is 1.97. The molecule has 0 saturated heterocycles. The summed E-state index contributed by atoms with van der Waals surface area (Å²) in [6, 6.07) is 14.4. The highest BCUT2D eigenvalue weighted by atomic mass is 15.0. The monoisotopic (exact) mass is 315 g/mol. The zero-order valence-electron chi connectivity index (χ0n) is 13.3. The molecule has 5 heteroatoms. The van der Waals surface area contributed by atoms with Crippen molar-refractivity contribution in [2.24, 2.45) is 5.73 Å². The molecule has 0 aliphatic rings. The van der Waals surface area contributed by atoms with E-state index in [1.807, 2.05) is 31.5 Å². The highest BCUT2D eigenvalue weighted by molar-refractivity contribution is 5.78. The lowest BCUT2D eigenvalue weighted by atomic mass is 10.1. The number of hydrogen-bond acceptors (Lipinski definition) is 4. The number of rotatable bonds is 3. The summed E-state index contributed by atoms with van der Waals surface area (Å²) in [7, 11) is 0. The highest BCUT2D eigenvalue weighted by Crippen LogP contribution is 2.24. The molecule has 0 spiro atoms. The van der Waals surface area contributed by atoms with E-state index in [0.29, 0.717) is 0 Å². The highest BCUT2D eigenvalue weighted by Gasteiger charge is 2.08. The molecule has 2 N–H and O–H groups in total. The summed E-state index contributed by atoms with van der Waals surface area (Å²) in [5, 5.41) is 0. The van der Waals surface area contributed by atoms with E-state index in [4.69, 9.17) is 5.73 Å². The second-order valence-corrected chi connectivity index (χ2v) is 5.79. The molecule has 2 aromatic carbocycles. The van der Waals surface area contributed by atoms with Crippen LogP contribution in [-0.4, -0.2) is 19.5 Å². The smallest absolute Gasteiger partial charge is 0.100 e. The second kappa shape index (κ2) is 5.86. The van der Waals surface area contributed by atoms with Crippen molar-refractivity contribution in [1.82, 2.24) is 19.5 Å². The molecule has 0 bridgehead atoms. The Morgan fingerprint density at radius 2 is 1.96 bits per heavy atom. The second-order valence-electron chi connectivity index (χ2n) is 5.79. The fourth-order valence-corrected chi connectivity index (χ4v) is 2.78. The molecule has 0 aliphatic heterocycles. The van der Waals surface area contributed by atoms with Crippen LogP contribution in [0.25, 0.3) is 28.0 Å². The molecule has 118 valence electrons. The number of hydrogen-bond donors (Lipinski definition) is 1. The van der Waals surface area contributed by atoms with Crippen LogP contribution in [0.4, 0.5) is 0 Å². The van der Waals surface area contributed by atoms with Crippen LogP contribution in [0.2, 0.25) is 0 Å². The summed E-state index contributed by atoms with van der Waals surface area (Å²) < 4.78 is 2.07. The normalized spacial score (nSPS) is 12.4. The first-order chi connectivity index (χ1) is 11.7. The molecule has 0 saturated carbocycles. The van der Waals surface area contributed by atoms with Gasteiger partial charge in [-0.15, -0.1) is 0 Å². The maximum Gasteiger partial charge on any atom is 0.100 e. The van der Waals surface area contributed by atoms with Crippen molar-refractivity contribution in [3.05, 3.63) is 72.9 Å². The number of nitrogens with two attached hydrogens (primary N) is 1. The molecule has 0 aliphatic carbocycles. The van der Waals surface area contributed by atoms with E-state index in [2.05, 4.69) is 43.8 Å². The van der Waals surface area contributed by atoms with E-state index < -0.39 is 0 Å². The van der Waals surface area contributed by atoms with Crippen LogP contribution in [0.5, 0.6) is 0 Å². The van der Waals surface area contributed by atoms with Crippen molar-refractivity contribution in [1.29, 1.82) is 0 Å².